The van der Waals surface area contributed by atoms with Gasteiger partial charge in [0.25, 0.3) is 0 Å². The molecule has 1 heterocycles. The van der Waals surface area contributed by atoms with Crippen LogP contribution in [-0.4, -0.2) is 18.1 Å². The molecule has 0 radical (unpaired) electrons. The van der Waals surface area contributed by atoms with Crippen molar-refractivity contribution in [2.24, 2.45) is 0 Å². The normalized spacial score (nSPS) is 11.1. The minimum atomic E-state index is 0.106. The summed E-state index contributed by atoms with van der Waals surface area (Å²) in [5.41, 5.74) is 4.96. The first-order valence-corrected chi connectivity index (χ1v) is 9.18. The van der Waals surface area contributed by atoms with Crippen molar-refractivity contribution in [3.8, 4) is 5.75 Å². The number of nitrogens with zero attached hydrogens (tertiary/aromatic N) is 1. The zero-order chi connectivity index (χ0) is 18.8. The molecule has 0 aliphatic carbocycles. The Morgan fingerprint density at radius 2 is 1.48 bits per heavy atom. The summed E-state index contributed by atoms with van der Waals surface area (Å²) in [6.45, 7) is 4.06. The molecule has 0 bridgehead atoms. The van der Waals surface area contributed by atoms with E-state index in [1.807, 2.05) is 69.4 Å². The fourth-order valence-electron chi connectivity index (χ4n) is 3.28. The van der Waals surface area contributed by atoms with Gasteiger partial charge in [-0.3, -0.25) is 0 Å². The third-order valence-corrected chi connectivity index (χ3v) is 4.47. The first kappa shape index (κ1) is 17.2. The van der Waals surface area contributed by atoms with E-state index in [2.05, 4.69) is 28.8 Å². The van der Waals surface area contributed by atoms with E-state index in [9.17, 15) is 0 Å². The fourth-order valence-corrected chi connectivity index (χ4v) is 3.28. The molecule has 0 atom stereocenters. The van der Waals surface area contributed by atoms with Crippen LogP contribution in [0.15, 0.2) is 66.7 Å². The van der Waals surface area contributed by atoms with Crippen molar-refractivity contribution in [2.75, 3.05) is 17.7 Å². The number of hydrogen-bond acceptors (Lipinski definition) is 4. The van der Waals surface area contributed by atoms with E-state index in [4.69, 9.17) is 9.72 Å². The minimum Gasteiger partial charge on any atom is -0.489 e. The number of para-hydroxylation sites is 2. The van der Waals surface area contributed by atoms with Crippen LogP contribution >= 0.6 is 0 Å². The average molecular weight is 357 g/mol. The van der Waals surface area contributed by atoms with E-state index in [0.29, 0.717) is 0 Å². The Balaban J connectivity index is 1.85. The van der Waals surface area contributed by atoms with Gasteiger partial charge in [0.1, 0.15) is 5.75 Å². The van der Waals surface area contributed by atoms with E-state index in [0.717, 1.165) is 44.6 Å². The van der Waals surface area contributed by atoms with Crippen molar-refractivity contribution in [3.63, 3.8) is 0 Å². The molecule has 4 aromatic rings. The van der Waals surface area contributed by atoms with E-state index in [1.165, 1.54) is 0 Å². The maximum absolute atomic E-state index is 5.97. The van der Waals surface area contributed by atoms with Crippen molar-refractivity contribution in [1.82, 2.24) is 4.98 Å². The second-order valence-corrected chi connectivity index (χ2v) is 6.77. The molecular weight excluding hydrogens is 334 g/mol. The number of anilines is 3. The number of rotatable bonds is 5. The molecule has 4 nitrogen and oxygen atoms in total. The van der Waals surface area contributed by atoms with Crippen LogP contribution in [-0.2, 0) is 0 Å². The molecule has 4 heteroatoms. The van der Waals surface area contributed by atoms with Crippen LogP contribution in [0.5, 0.6) is 5.75 Å². The lowest BCUT2D eigenvalue weighted by Gasteiger charge is -2.17. The molecule has 2 N–H and O–H groups in total. The number of benzene rings is 3. The van der Waals surface area contributed by atoms with Gasteiger partial charge in [-0.2, -0.15) is 0 Å². The maximum atomic E-state index is 5.97. The Labute approximate surface area is 159 Å². The molecule has 0 amide bonds. The molecular formula is C23H23N3O. The van der Waals surface area contributed by atoms with Crippen molar-refractivity contribution >= 4 is 38.9 Å². The summed E-state index contributed by atoms with van der Waals surface area (Å²) >= 11 is 0. The van der Waals surface area contributed by atoms with E-state index < -0.39 is 0 Å². The summed E-state index contributed by atoms with van der Waals surface area (Å²) in [6, 6.07) is 22.5. The Hall–Kier alpha value is -3.27. The summed E-state index contributed by atoms with van der Waals surface area (Å²) in [7, 11) is 1.90. The van der Waals surface area contributed by atoms with Gasteiger partial charge in [0, 0.05) is 29.6 Å². The van der Waals surface area contributed by atoms with Crippen LogP contribution in [0.3, 0.4) is 0 Å². The lowest BCUT2D eigenvalue weighted by Crippen LogP contribution is -2.08. The lowest BCUT2D eigenvalue weighted by molar-refractivity contribution is 0.244. The number of pyridine rings is 1. The SMILES string of the molecule is CNc1ccc(Nc2c3ccccc3nc3ccccc23)cc1OC(C)C. The van der Waals surface area contributed by atoms with Crippen molar-refractivity contribution in [1.29, 1.82) is 0 Å². The van der Waals surface area contributed by atoms with Gasteiger partial charge in [0.2, 0.25) is 0 Å². The standard InChI is InChI=1S/C23H23N3O/c1-15(2)27-22-14-16(12-13-21(22)24-3)25-23-17-8-4-6-10-19(17)26-20-11-7-5-9-18(20)23/h4-15,24H,1-3H3,(H,25,26). The fraction of sp³-hybridized carbons (Fsp3) is 0.174. The number of nitrogens with one attached hydrogen (secondary N) is 2. The summed E-state index contributed by atoms with van der Waals surface area (Å²) in [6.07, 6.45) is 0.106. The Morgan fingerprint density at radius 1 is 0.852 bits per heavy atom. The third kappa shape index (κ3) is 3.38. The average Bonchev–Trinajstić information content (AvgIpc) is 2.67. The molecule has 3 aromatic carbocycles. The van der Waals surface area contributed by atoms with Gasteiger partial charge in [-0.15, -0.1) is 0 Å². The van der Waals surface area contributed by atoms with Gasteiger partial charge in [0.05, 0.1) is 28.5 Å². The second-order valence-electron chi connectivity index (χ2n) is 6.77. The van der Waals surface area contributed by atoms with Crippen LogP contribution in [0.1, 0.15) is 13.8 Å². The van der Waals surface area contributed by atoms with Gasteiger partial charge in [-0.1, -0.05) is 36.4 Å². The smallest absolute Gasteiger partial charge is 0.144 e. The monoisotopic (exact) mass is 357 g/mol. The summed E-state index contributed by atoms with van der Waals surface area (Å²) in [5, 5.41) is 8.99. The Kier molecular flexibility index (Phi) is 4.55. The first-order chi connectivity index (χ1) is 13.2. The van der Waals surface area contributed by atoms with Crippen molar-refractivity contribution in [3.05, 3.63) is 66.7 Å². The highest BCUT2D eigenvalue weighted by molar-refractivity contribution is 6.08. The van der Waals surface area contributed by atoms with Crippen LogP contribution in [0, 0.1) is 0 Å². The highest BCUT2D eigenvalue weighted by Crippen LogP contribution is 2.35. The highest BCUT2D eigenvalue weighted by atomic mass is 16.5. The predicted molar refractivity (Wildman–Crippen MR) is 114 cm³/mol. The predicted octanol–water partition coefficient (Wildman–Crippen LogP) is 5.96. The number of ether oxygens (including phenoxy) is 1. The molecule has 0 saturated carbocycles. The van der Waals surface area contributed by atoms with Crippen LogP contribution in [0.4, 0.5) is 17.1 Å². The van der Waals surface area contributed by atoms with Crippen LogP contribution in [0.25, 0.3) is 21.8 Å². The molecule has 27 heavy (non-hydrogen) atoms. The first-order valence-electron chi connectivity index (χ1n) is 9.18. The van der Waals surface area contributed by atoms with E-state index in [1.54, 1.807) is 0 Å². The second kappa shape index (κ2) is 7.16. The Morgan fingerprint density at radius 3 is 2.07 bits per heavy atom. The van der Waals surface area contributed by atoms with Crippen molar-refractivity contribution in [2.45, 2.75) is 20.0 Å². The number of aromatic nitrogens is 1. The van der Waals surface area contributed by atoms with Crippen molar-refractivity contribution < 1.29 is 4.74 Å². The molecule has 0 fully saturated rings. The largest absolute Gasteiger partial charge is 0.489 e. The zero-order valence-electron chi connectivity index (χ0n) is 15.8. The molecule has 136 valence electrons. The quantitative estimate of drug-likeness (QED) is 0.433. The Bertz CT molecular complexity index is 1050. The number of hydrogen-bond donors (Lipinski definition) is 2. The van der Waals surface area contributed by atoms with Gasteiger partial charge >= 0.3 is 0 Å². The lowest BCUT2D eigenvalue weighted by atomic mass is 10.1. The number of fused-ring (bicyclic) bond motifs is 2. The molecule has 0 aliphatic heterocycles. The summed E-state index contributed by atoms with van der Waals surface area (Å²) in [4.78, 5) is 4.79. The molecule has 0 spiro atoms. The van der Waals surface area contributed by atoms with Gasteiger partial charge in [-0.25, -0.2) is 4.98 Å². The van der Waals surface area contributed by atoms with E-state index in [-0.39, 0.29) is 6.10 Å². The maximum Gasteiger partial charge on any atom is 0.144 e. The topological polar surface area (TPSA) is 46.2 Å². The van der Waals surface area contributed by atoms with E-state index >= 15 is 0 Å². The summed E-state index contributed by atoms with van der Waals surface area (Å²) < 4.78 is 5.97. The molecule has 0 saturated heterocycles. The van der Waals surface area contributed by atoms with Gasteiger partial charge in [0.15, 0.2) is 0 Å². The van der Waals surface area contributed by atoms with Crippen LogP contribution < -0.4 is 15.4 Å². The minimum absolute atomic E-state index is 0.106. The molecule has 0 unspecified atom stereocenters. The molecule has 4 rings (SSSR count). The van der Waals surface area contributed by atoms with Gasteiger partial charge in [-0.05, 0) is 38.1 Å². The zero-order valence-corrected chi connectivity index (χ0v) is 15.8. The van der Waals surface area contributed by atoms with Crippen LogP contribution in [0.2, 0.25) is 0 Å². The molecule has 1 aromatic heterocycles. The third-order valence-electron chi connectivity index (χ3n) is 4.47. The highest BCUT2D eigenvalue weighted by Gasteiger charge is 2.11. The summed E-state index contributed by atoms with van der Waals surface area (Å²) in [5.74, 6) is 0.833. The van der Waals surface area contributed by atoms with Gasteiger partial charge < -0.3 is 15.4 Å². The molecule has 0 aliphatic rings.